The average molecular weight is 273 g/mol. The van der Waals surface area contributed by atoms with E-state index >= 15 is 0 Å². The summed E-state index contributed by atoms with van der Waals surface area (Å²) in [6, 6.07) is 5.54. The highest BCUT2D eigenvalue weighted by Gasteiger charge is 2.30. The van der Waals surface area contributed by atoms with Crippen LogP contribution in [0.5, 0.6) is 0 Å². The van der Waals surface area contributed by atoms with Crippen molar-refractivity contribution in [3.05, 3.63) is 30.1 Å². The molecule has 0 spiro atoms. The number of fused-ring (bicyclic) bond motifs is 1. The first-order valence-corrected chi connectivity index (χ1v) is 6.94. The van der Waals surface area contributed by atoms with Gasteiger partial charge in [-0.25, -0.2) is 4.98 Å². The second kappa shape index (κ2) is 5.13. The van der Waals surface area contributed by atoms with Gasteiger partial charge in [0.05, 0.1) is 5.69 Å². The van der Waals surface area contributed by atoms with E-state index in [9.17, 15) is 4.79 Å². The molecule has 1 fully saturated rings. The third kappa shape index (κ3) is 2.02. The van der Waals surface area contributed by atoms with Gasteiger partial charge in [0.15, 0.2) is 5.82 Å². The molecule has 2 aromatic rings. The molecule has 0 radical (unpaired) electrons. The Bertz CT molecular complexity index is 636. The fraction of sp³-hybridized carbons (Fsp3) is 0.429. The van der Waals surface area contributed by atoms with Crippen LogP contribution in [0.1, 0.15) is 25.0 Å². The molecule has 6 nitrogen and oxygen atoms in total. The Morgan fingerprint density at radius 2 is 2.25 bits per heavy atom. The first-order chi connectivity index (χ1) is 9.72. The SMILES string of the molecule is NCc1c(N2CCCCC2C(N)=O)nc2ccccn12. The number of imidazole rings is 1. The maximum absolute atomic E-state index is 11.7. The molecule has 1 unspecified atom stereocenters. The van der Waals surface area contributed by atoms with E-state index in [0.717, 1.165) is 43.0 Å². The maximum Gasteiger partial charge on any atom is 0.240 e. The van der Waals surface area contributed by atoms with Crippen LogP contribution in [-0.4, -0.2) is 27.9 Å². The molecule has 1 aliphatic rings. The fourth-order valence-corrected chi connectivity index (χ4v) is 2.93. The van der Waals surface area contributed by atoms with Crippen LogP contribution in [-0.2, 0) is 11.3 Å². The fourth-order valence-electron chi connectivity index (χ4n) is 2.93. The summed E-state index contributed by atoms with van der Waals surface area (Å²) in [5, 5.41) is 0. The van der Waals surface area contributed by atoms with Crippen LogP contribution in [0.3, 0.4) is 0 Å². The van der Waals surface area contributed by atoms with Crippen molar-refractivity contribution in [2.45, 2.75) is 31.8 Å². The third-order valence-electron chi connectivity index (χ3n) is 3.90. The van der Waals surface area contributed by atoms with Gasteiger partial charge in [-0.1, -0.05) is 6.07 Å². The first kappa shape index (κ1) is 12.9. The van der Waals surface area contributed by atoms with Crippen LogP contribution in [0, 0.1) is 0 Å². The zero-order valence-electron chi connectivity index (χ0n) is 11.3. The van der Waals surface area contributed by atoms with E-state index in [0.29, 0.717) is 6.54 Å². The van der Waals surface area contributed by atoms with Crippen molar-refractivity contribution in [2.24, 2.45) is 11.5 Å². The summed E-state index contributed by atoms with van der Waals surface area (Å²) in [5.41, 5.74) is 13.2. The van der Waals surface area contributed by atoms with Gasteiger partial charge in [0, 0.05) is 19.3 Å². The van der Waals surface area contributed by atoms with Crippen LogP contribution in [0.4, 0.5) is 5.82 Å². The Kier molecular flexibility index (Phi) is 3.31. The Morgan fingerprint density at radius 3 is 3.00 bits per heavy atom. The molecule has 3 rings (SSSR count). The molecule has 0 saturated carbocycles. The molecular weight excluding hydrogens is 254 g/mol. The minimum absolute atomic E-state index is 0.279. The highest BCUT2D eigenvalue weighted by atomic mass is 16.1. The van der Waals surface area contributed by atoms with E-state index in [2.05, 4.69) is 4.98 Å². The number of anilines is 1. The summed E-state index contributed by atoms with van der Waals surface area (Å²) in [5.74, 6) is 0.506. The molecular formula is C14H19N5O. The summed E-state index contributed by atoms with van der Waals surface area (Å²) in [7, 11) is 0. The van der Waals surface area contributed by atoms with Gasteiger partial charge < -0.3 is 20.8 Å². The number of amides is 1. The summed E-state index contributed by atoms with van der Waals surface area (Å²) in [6.07, 6.45) is 4.79. The summed E-state index contributed by atoms with van der Waals surface area (Å²) >= 11 is 0. The lowest BCUT2D eigenvalue weighted by molar-refractivity contribution is -0.119. The van der Waals surface area contributed by atoms with Gasteiger partial charge in [0.2, 0.25) is 5.91 Å². The van der Waals surface area contributed by atoms with Crippen LogP contribution >= 0.6 is 0 Å². The van der Waals surface area contributed by atoms with Crippen molar-refractivity contribution >= 4 is 17.4 Å². The van der Waals surface area contributed by atoms with Gasteiger partial charge in [-0.05, 0) is 31.4 Å². The molecule has 4 N–H and O–H groups in total. The number of aromatic nitrogens is 2. The Labute approximate surface area is 117 Å². The molecule has 20 heavy (non-hydrogen) atoms. The van der Waals surface area contributed by atoms with Crippen molar-refractivity contribution in [3.8, 4) is 0 Å². The van der Waals surface area contributed by atoms with Gasteiger partial charge in [-0.2, -0.15) is 0 Å². The molecule has 0 aromatic carbocycles. The van der Waals surface area contributed by atoms with E-state index in [1.807, 2.05) is 33.7 Å². The quantitative estimate of drug-likeness (QED) is 0.858. The van der Waals surface area contributed by atoms with Gasteiger partial charge >= 0.3 is 0 Å². The molecule has 1 aliphatic heterocycles. The molecule has 1 saturated heterocycles. The number of primary amides is 1. The minimum Gasteiger partial charge on any atom is -0.368 e. The van der Waals surface area contributed by atoms with Gasteiger partial charge in [-0.15, -0.1) is 0 Å². The molecule has 0 bridgehead atoms. The predicted molar refractivity (Wildman–Crippen MR) is 77.3 cm³/mol. The number of hydrogen-bond acceptors (Lipinski definition) is 4. The number of nitrogens with zero attached hydrogens (tertiary/aromatic N) is 3. The number of piperidine rings is 1. The molecule has 1 amide bonds. The predicted octanol–water partition coefficient (Wildman–Crippen LogP) is 0.637. The van der Waals surface area contributed by atoms with Gasteiger partial charge in [-0.3, -0.25) is 4.79 Å². The standard InChI is InChI=1S/C14H19N5O/c15-9-11-14(17-12-6-2-4-7-18(11)12)19-8-3-1-5-10(19)13(16)20/h2,4,6-7,10H,1,3,5,8-9,15H2,(H2,16,20). The Morgan fingerprint density at radius 1 is 1.40 bits per heavy atom. The van der Waals surface area contributed by atoms with E-state index in [4.69, 9.17) is 11.5 Å². The van der Waals surface area contributed by atoms with Crippen LogP contribution in [0.2, 0.25) is 0 Å². The topological polar surface area (TPSA) is 89.6 Å². The number of hydrogen-bond donors (Lipinski definition) is 2. The van der Waals surface area contributed by atoms with E-state index in [1.54, 1.807) is 0 Å². The molecule has 1 atom stereocenters. The second-order valence-electron chi connectivity index (χ2n) is 5.12. The van der Waals surface area contributed by atoms with Crippen molar-refractivity contribution < 1.29 is 4.79 Å². The zero-order chi connectivity index (χ0) is 14.1. The van der Waals surface area contributed by atoms with Crippen molar-refractivity contribution in [1.29, 1.82) is 0 Å². The van der Waals surface area contributed by atoms with Gasteiger partial charge in [0.25, 0.3) is 0 Å². The zero-order valence-corrected chi connectivity index (χ0v) is 11.3. The van der Waals surface area contributed by atoms with Crippen molar-refractivity contribution in [3.63, 3.8) is 0 Å². The van der Waals surface area contributed by atoms with Crippen molar-refractivity contribution in [1.82, 2.24) is 9.38 Å². The van der Waals surface area contributed by atoms with Crippen LogP contribution in [0.15, 0.2) is 24.4 Å². The maximum atomic E-state index is 11.7. The summed E-state index contributed by atoms with van der Waals surface area (Å²) < 4.78 is 1.97. The summed E-state index contributed by atoms with van der Waals surface area (Å²) in [6.45, 7) is 1.17. The second-order valence-corrected chi connectivity index (χ2v) is 5.12. The van der Waals surface area contributed by atoms with E-state index in [1.165, 1.54) is 0 Å². The molecule has 6 heteroatoms. The van der Waals surface area contributed by atoms with Gasteiger partial charge in [0.1, 0.15) is 11.7 Å². The lowest BCUT2D eigenvalue weighted by Gasteiger charge is -2.34. The van der Waals surface area contributed by atoms with E-state index in [-0.39, 0.29) is 11.9 Å². The third-order valence-corrected chi connectivity index (χ3v) is 3.90. The normalized spacial score (nSPS) is 19.4. The smallest absolute Gasteiger partial charge is 0.240 e. The largest absolute Gasteiger partial charge is 0.368 e. The monoisotopic (exact) mass is 273 g/mol. The molecule has 0 aliphatic carbocycles. The highest BCUT2D eigenvalue weighted by molar-refractivity contribution is 5.84. The first-order valence-electron chi connectivity index (χ1n) is 6.94. The molecule has 3 heterocycles. The molecule has 2 aromatic heterocycles. The Balaban J connectivity index is 2.10. The lowest BCUT2D eigenvalue weighted by Crippen LogP contribution is -2.48. The Hall–Kier alpha value is -2.08. The number of nitrogens with two attached hydrogens (primary N) is 2. The van der Waals surface area contributed by atoms with Crippen LogP contribution in [0.25, 0.3) is 5.65 Å². The van der Waals surface area contributed by atoms with Crippen molar-refractivity contribution in [2.75, 3.05) is 11.4 Å². The minimum atomic E-state index is -0.287. The molecule has 106 valence electrons. The lowest BCUT2D eigenvalue weighted by atomic mass is 10.0. The summed E-state index contributed by atoms with van der Waals surface area (Å²) in [4.78, 5) is 18.3. The highest BCUT2D eigenvalue weighted by Crippen LogP contribution is 2.28. The average Bonchev–Trinajstić information content (AvgIpc) is 2.85. The van der Waals surface area contributed by atoms with Crippen LogP contribution < -0.4 is 16.4 Å². The number of carbonyl (C=O) groups is 1. The number of pyridine rings is 1. The van der Waals surface area contributed by atoms with E-state index < -0.39 is 0 Å². The number of rotatable bonds is 3. The number of carbonyl (C=O) groups excluding carboxylic acids is 1.